The van der Waals surface area contributed by atoms with Crippen LogP contribution in [-0.2, 0) is 0 Å². The summed E-state index contributed by atoms with van der Waals surface area (Å²) in [6.07, 6.45) is 3.32. The summed E-state index contributed by atoms with van der Waals surface area (Å²) in [4.78, 5) is 4.30. The molecule has 0 atom stereocenters. The van der Waals surface area contributed by atoms with Crippen molar-refractivity contribution in [2.24, 2.45) is 0 Å². The van der Waals surface area contributed by atoms with Gasteiger partial charge >= 0.3 is 0 Å². The molecule has 3 aromatic heterocycles. The third-order valence-corrected chi connectivity index (χ3v) is 3.70. The Hall–Kier alpha value is -2.66. The fraction of sp³-hybridized carbons (Fsp3) is 0.0625. The standard InChI is InChI=1S/C16H10ClN3O2/c1-9-19-20-16(22-9)14-6-11-12(8-21-15(11)7-18-14)10-4-2-3-5-13(10)17/h2-8H,1H3. The Morgan fingerprint density at radius 3 is 2.73 bits per heavy atom. The molecular formula is C16H10ClN3O2. The van der Waals surface area contributed by atoms with E-state index >= 15 is 0 Å². The quantitative estimate of drug-likeness (QED) is 0.545. The molecule has 0 spiro atoms. The van der Waals surface area contributed by atoms with Crippen LogP contribution >= 0.6 is 11.6 Å². The molecule has 3 heterocycles. The number of hydrogen-bond acceptors (Lipinski definition) is 5. The first kappa shape index (κ1) is 13.0. The molecule has 0 bridgehead atoms. The molecule has 4 aromatic rings. The molecule has 6 heteroatoms. The van der Waals surface area contributed by atoms with Crippen LogP contribution in [0.4, 0.5) is 0 Å². The highest BCUT2D eigenvalue weighted by Crippen LogP contribution is 2.35. The highest BCUT2D eigenvalue weighted by molar-refractivity contribution is 6.33. The summed E-state index contributed by atoms with van der Waals surface area (Å²) >= 11 is 6.28. The van der Waals surface area contributed by atoms with Gasteiger partial charge in [0.15, 0.2) is 5.58 Å². The van der Waals surface area contributed by atoms with Crippen molar-refractivity contribution in [2.75, 3.05) is 0 Å². The minimum Gasteiger partial charge on any atom is -0.462 e. The lowest BCUT2D eigenvalue weighted by atomic mass is 10.1. The zero-order valence-corrected chi connectivity index (χ0v) is 12.3. The average Bonchev–Trinajstić information content (AvgIpc) is 3.13. The van der Waals surface area contributed by atoms with Crippen LogP contribution in [0.25, 0.3) is 33.7 Å². The first-order valence-corrected chi connectivity index (χ1v) is 7.03. The van der Waals surface area contributed by atoms with E-state index in [9.17, 15) is 0 Å². The van der Waals surface area contributed by atoms with Gasteiger partial charge in [-0.1, -0.05) is 29.8 Å². The molecule has 0 aliphatic heterocycles. The summed E-state index contributed by atoms with van der Waals surface area (Å²) in [6, 6.07) is 9.49. The number of hydrogen-bond donors (Lipinski definition) is 0. The van der Waals surface area contributed by atoms with Crippen molar-refractivity contribution < 1.29 is 8.83 Å². The predicted molar refractivity (Wildman–Crippen MR) is 82.5 cm³/mol. The molecule has 0 aliphatic rings. The van der Waals surface area contributed by atoms with Gasteiger partial charge in [0.05, 0.1) is 12.5 Å². The van der Waals surface area contributed by atoms with E-state index in [1.165, 1.54) is 0 Å². The molecule has 22 heavy (non-hydrogen) atoms. The van der Waals surface area contributed by atoms with E-state index in [0.717, 1.165) is 16.5 Å². The van der Waals surface area contributed by atoms with E-state index in [1.54, 1.807) is 19.4 Å². The number of rotatable bonds is 2. The first-order chi connectivity index (χ1) is 10.7. The molecule has 0 saturated carbocycles. The first-order valence-electron chi connectivity index (χ1n) is 6.65. The predicted octanol–water partition coefficient (Wildman–Crippen LogP) is 4.51. The maximum absolute atomic E-state index is 6.28. The van der Waals surface area contributed by atoms with Crippen LogP contribution in [0.3, 0.4) is 0 Å². The summed E-state index contributed by atoms with van der Waals surface area (Å²) in [5.41, 5.74) is 3.08. The summed E-state index contributed by atoms with van der Waals surface area (Å²) in [7, 11) is 0. The molecule has 0 saturated heterocycles. The Bertz CT molecular complexity index is 974. The van der Waals surface area contributed by atoms with E-state index in [0.29, 0.717) is 28.1 Å². The van der Waals surface area contributed by atoms with Crippen molar-refractivity contribution in [3.8, 4) is 22.7 Å². The SMILES string of the molecule is Cc1nnc(-c2cc3c(-c4ccccc4Cl)coc3cn2)o1. The van der Waals surface area contributed by atoms with Crippen LogP contribution in [0.15, 0.2) is 51.6 Å². The van der Waals surface area contributed by atoms with E-state index < -0.39 is 0 Å². The number of furan rings is 1. The van der Waals surface area contributed by atoms with E-state index in [1.807, 2.05) is 30.3 Å². The highest BCUT2D eigenvalue weighted by Gasteiger charge is 2.14. The van der Waals surface area contributed by atoms with Crippen molar-refractivity contribution in [3.05, 3.63) is 53.7 Å². The van der Waals surface area contributed by atoms with Crippen molar-refractivity contribution in [2.45, 2.75) is 6.92 Å². The lowest BCUT2D eigenvalue weighted by molar-refractivity contribution is 0.531. The molecule has 0 radical (unpaired) electrons. The molecular weight excluding hydrogens is 302 g/mol. The summed E-state index contributed by atoms with van der Waals surface area (Å²) < 4.78 is 11.0. The molecule has 0 unspecified atom stereocenters. The summed E-state index contributed by atoms with van der Waals surface area (Å²) in [5.74, 6) is 0.876. The van der Waals surface area contributed by atoms with Crippen molar-refractivity contribution in [3.63, 3.8) is 0 Å². The average molecular weight is 312 g/mol. The molecule has 4 rings (SSSR count). The van der Waals surface area contributed by atoms with Gasteiger partial charge in [-0.3, -0.25) is 0 Å². The van der Waals surface area contributed by atoms with Crippen molar-refractivity contribution in [1.29, 1.82) is 0 Å². The Labute approximate surface area is 130 Å². The Kier molecular flexibility index (Phi) is 2.94. The van der Waals surface area contributed by atoms with Crippen LogP contribution in [0.1, 0.15) is 5.89 Å². The fourth-order valence-electron chi connectivity index (χ4n) is 2.34. The lowest BCUT2D eigenvalue weighted by Gasteiger charge is -2.01. The zero-order chi connectivity index (χ0) is 15.1. The number of halogens is 1. The monoisotopic (exact) mass is 311 g/mol. The van der Waals surface area contributed by atoms with Gasteiger partial charge in [0.1, 0.15) is 5.69 Å². The normalized spacial score (nSPS) is 11.2. The molecule has 0 N–H and O–H groups in total. The van der Waals surface area contributed by atoms with Crippen LogP contribution in [0.5, 0.6) is 0 Å². The number of fused-ring (bicyclic) bond motifs is 1. The molecule has 108 valence electrons. The maximum atomic E-state index is 6.28. The van der Waals surface area contributed by atoms with Gasteiger partial charge in [-0.25, -0.2) is 4.98 Å². The van der Waals surface area contributed by atoms with E-state index in [-0.39, 0.29) is 0 Å². The summed E-state index contributed by atoms with van der Waals surface area (Å²) in [6.45, 7) is 1.74. The number of aryl methyl sites for hydroxylation is 1. The van der Waals surface area contributed by atoms with E-state index in [4.69, 9.17) is 20.4 Å². The second-order valence-corrected chi connectivity index (χ2v) is 5.23. The smallest absolute Gasteiger partial charge is 0.266 e. The van der Waals surface area contributed by atoms with Gasteiger partial charge in [-0.2, -0.15) is 0 Å². The Balaban J connectivity index is 1.92. The molecule has 0 amide bonds. The Morgan fingerprint density at radius 1 is 1.09 bits per heavy atom. The third kappa shape index (κ3) is 2.07. The molecule has 5 nitrogen and oxygen atoms in total. The highest BCUT2D eigenvalue weighted by atomic mass is 35.5. The maximum Gasteiger partial charge on any atom is 0.266 e. The second kappa shape index (κ2) is 4.96. The van der Waals surface area contributed by atoms with Crippen molar-refractivity contribution >= 4 is 22.6 Å². The van der Waals surface area contributed by atoms with Gasteiger partial charge in [-0.05, 0) is 12.1 Å². The summed E-state index contributed by atoms with van der Waals surface area (Å²) in [5, 5.41) is 9.38. The fourth-order valence-corrected chi connectivity index (χ4v) is 2.58. The Morgan fingerprint density at radius 2 is 1.95 bits per heavy atom. The largest absolute Gasteiger partial charge is 0.462 e. The van der Waals surface area contributed by atoms with Gasteiger partial charge < -0.3 is 8.83 Å². The van der Waals surface area contributed by atoms with Crippen LogP contribution in [-0.4, -0.2) is 15.2 Å². The lowest BCUT2D eigenvalue weighted by Crippen LogP contribution is -1.84. The second-order valence-electron chi connectivity index (χ2n) is 4.82. The third-order valence-electron chi connectivity index (χ3n) is 3.37. The van der Waals surface area contributed by atoms with Gasteiger partial charge in [0.25, 0.3) is 5.89 Å². The van der Waals surface area contributed by atoms with Gasteiger partial charge in [0, 0.05) is 28.5 Å². The molecule has 0 fully saturated rings. The minimum absolute atomic E-state index is 0.380. The number of pyridine rings is 1. The van der Waals surface area contributed by atoms with Crippen molar-refractivity contribution in [1.82, 2.24) is 15.2 Å². The van der Waals surface area contributed by atoms with Gasteiger partial charge in [0.2, 0.25) is 5.89 Å². The van der Waals surface area contributed by atoms with Crippen LogP contribution in [0.2, 0.25) is 5.02 Å². The number of nitrogens with zero attached hydrogens (tertiary/aromatic N) is 3. The van der Waals surface area contributed by atoms with Crippen LogP contribution in [0, 0.1) is 6.92 Å². The van der Waals surface area contributed by atoms with Crippen LogP contribution < -0.4 is 0 Å². The number of benzene rings is 1. The minimum atomic E-state index is 0.380. The number of aromatic nitrogens is 3. The molecule has 1 aromatic carbocycles. The topological polar surface area (TPSA) is 65.0 Å². The zero-order valence-electron chi connectivity index (χ0n) is 11.6. The molecule has 0 aliphatic carbocycles. The van der Waals surface area contributed by atoms with E-state index in [2.05, 4.69) is 15.2 Å². The van der Waals surface area contributed by atoms with Gasteiger partial charge in [-0.15, -0.1) is 10.2 Å².